The second kappa shape index (κ2) is 9.86. The molecule has 2 aromatic carbocycles. The van der Waals surface area contributed by atoms with E-state index in [1.54, 1.807) is 27.4 Å². The Bertz CT molecular complexity index is 1410. The van der Waals surface area contributed by atoms with Gasteiger partial charge in [-0.2, -0.15) is 5.10 Å². The Balaban J connectivity index is 1.53. The minimum atomic E-state index is -0.328. The van der Waals surface area contributed by atoms with Gasteiger partial charge in [-0.3, -0.25) is 14.0 Å². The van der Waals surface area contributed by atoms with Crippen molar-refractivity contribution in [1.82, 2.24) is 19.5 Å². The van der Waals surface area contributed by atoms with Gasteiger partial charge < -0.3 is 19.5 Å². The van der Waals surface area contributed by atoms with Gasteiger partial charge in [-0.25, -0.2) is 4.68 Å². The first-order valence-corrected chi connectivity index (χ1v) is 11.1. The fourth-order valence-corrected chi connectivity index (χ4v) is 4.09. The van der Waals surface area contributed by atoms with E-state index in [2.05, 4.69) is 10.4 Å². The zero-order chi connectivity index (χ0) is 24.2. The number of aryl methyl sites for hydroxylation is 1. The van der Waals surface area contributed by atoms with E-state index in [9.17, 15) is 9.59 Å². The molecular formula is C25H28N4O5. The number of benzene rings is 2. The van der Waals surface area contributed by atoms with Gasteiger partial charge in [0.25, 0.3) is 5.56 Å². The lowest BCUT2D eigenvalue weighted by Gasteiger charge is -2.11. The summed E-state index contributed by atoms with van der Waals surface area (Å²) in [5.41, 5.74) is 1.98. The smallest absolute Gasteiger partial charge is 0.291 e. The highest BCUT2D eigenvalue weighted by atomic mass is 16.5. The molecule has 0 aliphatic heterocycles. The highest BCUT2D eigenvalue weighted by molar-refractivity contribution is 5.92. The van der Waals surface area contributed by atoms with E-state index in [4.69, 9.17) is 14.2 Å². The first-order chi connectivity index (χ1) is 16.5. The SMILES string of the molecule is CCc1nn(CC(=O)NCCc2ccc(OC)c(OC)c2)c(=O)c2cc3c(OC)cccc3n12. The van der Waals surface area contributed by atoms with E-state index in [0.717, 1.165) is 16.5 Å². The number of hydrogen-bond acceptors (Lipinski definition) is 6. The van der Waals surface area contributed by atoms with Crippen molar-refractivity contribution in [3.63, 3.8) is 0 Å². The molecule has 2 heterocycles. The third kappa shape index (κ3) is 4.28. The molecular weight excluding hydrogens is 436 g/mol. The van der Waals surface area contributed by atoms with Gasteiger partial charge >= 0.3 is 0 Å². The Morgan fingerprint density at radius 2 is 1.74 bits per heavy atom. The van der Waals surface area contributed by atoms with Crippen molar-refractivity contribution in [2.45, 2.75) is 26.3 Å². The second-order valence-electron chi connectivity index (χ2n) is 7.78. The van der Waals surface area contributed by atoms with Crippen LogP contribution >= 0.6 is 0 Å². The number of nitrogens with one attached hydrogen (secondary N) is 1. The van der Waals surface area contributed by atoms with E-state index < -0.39 is 0 Å². The van der Waals surface area contributed by atoms with Crippen molar-refractivity contribution in [1.29, 1.82) is 0 Å². The lowest BCUT2D eigenvalue weighted by Crippen LogP contribution is -2.36. The van der Waals surface area contributed by atoms with E-state index in [0.29, 0.717) is 48.0 Å². The summed E-state index contributed by atoms with van der Waals surface area (Å²) in [5.74, 6) is 2.38. The standard InChI is InChI=1S/C25H28N4O5/c1-5-23-27-28(25(31)19-14-17-18(29(19)23)7-6-8-20(17)32-2)15-24(30)26-12-11-16-9-10-21(33-3)22(13-16)34-4/h6-10,13-14H,5,11-12,15H2,1-4H3,(H,26,30). The van der Waals surface area contributed by atoms with E-state index in [1.807, 2.05) is 47.7 Å². The number of carbonyl (C=O) groups excluding carboxylic acids is 1. The zero-order valence-corrected chi connectivity index (χ0v) is 19.8. The second-order valence-corrected chi connectivity index (χ2v) is 7.78. The maximum Gasteiger partial charge on any atom is 0.291 e. The summed E-state index contributed by atoms with van der Waals surface area (Å²) < 4.78 is 19.1. The van der Waals surface area contributed by atoms with Gasteiger partial charge in [0.15, 0.2) is 11.5 Å². The van der Waals surface area contributed by atoms with Gasteiger partial charge in [0.2, 0.25) is 5.91 Å². The van der Waals surface area contributed by atoms with Crippen molar-refractivity contribution >= 4 is 22.3 Å². The van der Waals surface area contributed by atoms with Crippen molar-refractivity contribution in [3.8, 4) is 17.2 Å². The molecule has 0 unspecified atom stereocenters. The summed E-state index contributed by atoms with van der Waals surface area (Å²) in [6, 6.07) is 13.1. The van der Waals surface area contributed by atoms with Crippen LogP contribution in [0.5, 0.6) is 17.2 Å². The number of fused-ring (bicyclic) bond motifs is 3. The summed E-state index contributed by atoms with van der Waals surface area (Å²) in [5, 5.41) is 8.17. The Hall–Kier alpha value is -4.01. The van der Waals surface area contributed by atoms with Gasteiger partial charge in [-0.15, -0.1) is 0 Å². The number of hydrogen-bond donors (Lipinski definition) is 1. The monoisotopic (exact) mass is 464 g/mol. The summed E-state index contributed by atoms with van der Waals surface area (Å²) >= 11 is 0. The van der Waals surface area contributed by atoms with Gasteiger partial charge in [0, 0.05) is 18.4 Å². The average molecular weight is 465 g/mol. The summed E-state index contributed by atoms with van der Waals surface area (Å²) in [6.45, 7) is 2.22. The predicted molar refractivity (Wildman–Crippen MR) is 129 cm³/mol. The normalized spacial score (nSPS) is 11.1. The maximum atomic E-state index is 13.2. The molecule has 0 saturated heterocycles. The van der Waals surface area contributed by atoms with Crippen LogP contribution in [0.4, 0.5) is 0 Å². The quantitative estimate of drug-likeness (QED) is 0.409. The van der Waals surface area contributed by atoms with Crippen LogP contribution in [0, 0.1) is 0 Å². The van der Waals surface area contributed by atoms with Crippen LogP contribution in [0.3, 0.4) is 0 Å². The van der Waals surface area contributed by atoms with Crippen molar-refractivity contribution in [2.75, 3.05) is 27.9 Å². The molecule has 0 fully saturated rings. The van der Waals surface area contributed by atoms with Gasteiger partial charge in [0.05, 0.1) is 26.8 Å². The molecule has 1 amide bonds. The highest BCUT2D eigenvalue weighted by Crippen LogP contribution is 2.29. The van der Waals surface area contributed by atoms with E-state index in [1.165, 1.54) is 4.68 Å². The Morgan fingerprint density at radius 3 is 2.44 bits per heavy atom. The van der Waals surface area contributed by atoms with Crippen LogP contribution < -0.4 is 25.1 Å². The minimum Gasteiger partial charge on any atom is -0.496 e. The van der Waals surface area contributed by atoms with Crippen LogP contribution in [0.25, 0.3) is 16.4 Å². The number of amides is 1. The number of aromatic nitrogens is 3. The Morgan fingerprint density at radius 1 is 0.971 bits per heavy atom. The van der Waals surface area contributed by atoms with Crippen LogP contribution in [0.15, 0.2) is 47.3 Å². The number of nitrogens with zero attached hydrogens (tertiary/aromatic N) is 3. The van der Waals surface area contributed by atoms with Gasteiger partial charge in [-0.05, 0) is 42.3 Å². The molecule has 4 aromatic rings. The molecule has 0 spiro atoms. The maximum absolute atomic E-state index is 13.2. The molecule has 178 valence electrons. The molecule has 0 bridgehead atoms. The minimum absolute atomic E-state index is 0.160. The predicted octanol–water partition coefficient (Wildman–Crippen LogP) is 2.60. The fourth-order valence-electron chi connectivity index (χ4n) is 4.09. The molecule has 0 saturated carbocycles. The van der Waals surface area contributed by atoms with Gasteiger partial charge in [-0.1, -0.05) is 19.1 Å². The fraction of sp³-hybridized carbons (Fsp3) is 0.320. The van der Waals surface area contributed by atoms with Crippen LogP contribution in [-0.4, -0.2) is 48.0 Å². The molecule has 34 heavy (non-hydrogen) atoms. The first-order valence-electron chi connectivity index (χ1n) is 11.1. The molecule has 0 atom stereocenters. The van der Waals surface area contributed by atoms with Crippen LogP contribution in [-0.2, 0) is 24.2 Å². The number of ether oxygens (including phenoxy) is 3. The largest absolute Gasteiger partial charge is 0.496 e. The van der Waals surface area contributed by atoms with Crippen molar-refractivity contribution in [3.05, 3.63) is 64.2 Å². The summed E-state index contributed by atoms with van der Waals surface area (Å²) in [4.78, 5) is 25.8. The average Bonchev–Trinajstić information content (AvgIpc) is 3.26. The first kappa shape index (κ1) is 23.2. The lowest BCUT2D eigenvalue weighted by atomic mass is 10.1. The topological polar surface area (TPSA) is 96.1 Å². The Kier molecular flexibility index (Phi) is 6.72. The molecule has 0 aliphatic rings. The Labute approximate surface area is 196 Å². The molecule has 1 N–H and O–H groups in total. The number of methoxy groups -OCH3 is 3. The third-order valence-corrected chi connectivity index (χ3v) is 5.77. The van der Waals surface area contributed by atoms with Crippen molar-refractivity contribution in [2.24, 2.45) is 0 Å². The molecule has 4 rings (SSSR count). The van der Waals surface area contributed by atoms with Crippen molar-refractivity contribution < 1.29 is 19.0 Å². The van der Waals surface area contributed by atoms with E-state index >= 15 is 0 Å². The molecule has 9 heteroatoms. The third-order valence-electron chi connectivity index (χ3n) is 5.77. The highest BCUT2D eigenvalue weighted by Gasteiger charge is 2.17. The lowest BCUT2D eigenvalue weighted by molar-refractivity contribution is -0.121. The summed E-state index contributed by atoms with van der Waals surface area (Å²) in [6.07, 6.45) is 1.20. The molecule has 0 aliphatic carbocycles. The van der Waals surface area contributed by atoms with Crippen LogP contribution in [0.1, 0.15) is 18.3 Å². The molecule has 9 nitrogen and oxygen atoms in total. The molecule has 2 aromatic heterocycles. The zero-order valence-electron chi connectivity index (χ0n) is 19.8. The molecule has 0 radical (unpaired) electrons. The van der Waals surface area contributed by atoms with Crippen LogP contribution in [0.2, 0.25) is 0 Å². The number of carbonyl (C=O) groups is 1. The summed E-state index contributed by atoms with van der Waals surface area (Å²) in [7, 11) is 4.77. The van der Waals surface area contributed by atoms with Gasteiger partial charge in [0.1, 0.15) is 23.6 Å². The van der Waals surface area contributed by atoms with E-state index in [-0.39, 0.29) is 18.0 Å². The number of rotatable bonds is 9.